The predicted octanol–water partition coefficient (Wildman–Crippen LogP) is 4.47. The van der Waals surface area contributed by atoms with Gasteiger partial charge >= 0.3 is 0 Å². The lowest BCUT2D eigenvalue weighted by molar-refractivity contribution is 0.232. The third-order valence-electron chi connectivity index (χ3n) is 3.46. The second kappa shape index (κ2) is 8.08. The summed E-state index contributed by atoms with van der Waals surface area (Å²) in [6.45, 7) is 2.23. The van der Waals surface area contributed by atoms with E-state index < -0.39 is 0 Å². The molecule has 21 heavy (non-hydrogen) atoms. The summed E-state index contributed by atoms with van der Waals surface area (Å²) >= 11 is 7.06. The predicted molar refractivity (Wildman–Crippen MR) is 94.4 cm³/mol. The molecule has 0 aliphatic heterocycles. The highest BCUT2D eigenvalue weighted by molar-refractivity contribution is 9.11. The van der Waals surface area contributed by atoms with Gasteiger partial charge in [0.2, 0.25) is 0 Å². The quantitative estimate of drug-likeness (QED) is 0.733. The molecule has 2 aromatic rings. The Morgan fingerprint density at radius 2 is 1.81 bits per heavy atom. The highest BCUT2D eigenvalue weighted by atomic mass is 79.9. The maximum atomic E-state index is 9.61. The molecule has 0 fully saturated rings. The van der Waals surface area contributed by atoms with Gasteiger partial charge in [0.25, 0.3) is 0 Å². The van der Waals surface area contributed by atoms with Crippen LogP contribution in [0.25, 0.3) is 0 Å². The van der Waals surface area contributed by atoms with Crippen LogP contribution in [0.5, 0.6) is 0 Å². The van der Waals surface area contributed by atoms with E-state index in [-0.39, 0.29) is 18.7 Å². The Morgan fingerprint density at radius 3 is 2.43 bits per heavy atom. The fourth-order valence-electron chi connectivity index (χ4n) is 2.37. The van der Waals surface area contributed by atoms with Crippen LogP contribution < -0.4 is 5.32 Å². The monoisotopic (exact) mass is 411 g/mol. The molecule has 2 nitrogen and oxygen atoms in total. The van der Waals surface area contributed by atoms with Gasteiger partial charge in [0, 0.05) is 21.0 Å². The van der Waals surface area contributed by atoms with Crippen molar-refractivity contribution in [1.29, 1.82) is 0 Å². The number of benzene rings is 2. The van der Waals surface area contributed by atoms with Gasteiger partial charge in [-0.2, -0.15) is 0 Å². The summed E-state index contributed by atoms with van der Waals surface area (Å²) in [6.07, 6.45) is 0.815. The number of hydrogen-bond donors (Lipinski definition) is 2. The fraction of sp³-hybridized carbons (Fsp3) is 0.294. The molecule has 0 aromatic heterocycles. The van der Waals surface area contributed by atoms with Crippen LogP contribution in [-0.2, 0) is 6.42 Å². The molecule has 2 rings (SSSR count). The maximum Gasteiger partial charge on any atom is 0.0588 e. The summed E-state index contributed by atoms with van der Waals surface area (Å²) in [6, 6.07) is 16.6. The first-order valence-corrected chi connectivity index (χ1v) is 8.54. The van der Waals surface area contributed by atoms with E-state index in [4.69, 9.17) is 0 Å². The van der Waals surface area contributed by atoms with Gasteiger partial charge < -0.3 is 10.4 Å². The van der Waals surface area contributed by atoms with Gasteiger partial charge in [0.1, 0.15) is 0 Å². The number of halogens is 2. The van der Waals surface area contributed by atoms with Crippen molar-refractivity contribution >= 4 is 31.9 Å². The van der Waals surface area contributed by atoms with E-state index in [1.165, 1.54) is 11.1 Å². The number of aliphatic hydroxyl groups excluding tert-OH is 1. The smallest absolute Gasteiger partial charge is 0.0588 e. The Labute approximate surface area is 142 Å². The van der Waals surface area contributed by atoms with Crippen molar-refractivity contribution in [3.05, 3.63) is 68.6 Å². The first kappa shape index (κ1) is 16.7. The summed E-state index contributed by atoms with van der Waals surface area (Å²) in [4.78, 5) is 0. The van der Waals surface area contributed by atoms with E-state index in [0.29, 0.717) is 0 Å². The lowest BCUT2D eigenvalue weighted by atomic mass is 10.0. The summed E-state index contributed by atoms with van der Waals surface area (Å²) in [5.41, 5.74) is 2.41. The van der Waals surface area contributed by atoms with E-state index in [1.807, 2.05) is 30.3 Å². The normalized spacial score (nSPS) is 13.9. The highest BCUT2D eigenvalue weighted by Crippen LogP contribution is 2.27. The minimum absolute atomic E-state index is 0.0398. The Bertz CT molecular complexity index is 574. The molecule has 2 aromatic carbocycles. The molecule has 2 atom stereocenters. The molecular formula is C17H19Br2NO. The third kappa shape index (κ3) is 4.92. The molecule has 0 saturated heterocycles. The lowest BCUT2D eigenvalue weighted by Gasteiger charge is -2.23. The van der Waals surface area contributed by atoms with Gasteiger partial charge in [-0.05, 0) is 36.6 Å². The molecule has 0 saturated carbocycles. The van der Waals surface area contributed by atoms with Crippen molar-refractivity contribution in [2.24, 2.45) is 0 Å². The van der Waals surface area contributed by atoms with Gasteiger partial charge in [-0.3, -0.25) is 0 Å². The van der Waals surface area contributed by atoms with Gasteiger partial charge in [-0.25, -0.2) is 0 Å². The molecule has 0 bridgehead atoms. The molecule has 0 radical (unpaired) electrons. The van der Waals surface area contributed by atoms with Crippen molar-refractivity contribution in [2.45, 2.75) is 25.4 Å². The molecule has 0 spiro atoms. The van der Waals surface area contributed by atoms with Crippen molar-refractivity contribution in [3.8, 4) is 0 Å². The second-order valence-electron chi connectivity index (χ2n) is 5.12. The van der Waals surface area contributed by atoms with Crippen LogP contribution in [0.2, 0.25) is 0 Å². The summed E-state index contributed by atoms with van der Waals surface area (Å²) in [7, 11) is 0. The first-order chi connectivity index (χ1) is 10.1. The average molecular weight is 413 g/mol. The van der Waals surface area contributed by atoms with Gasteiger partial charge in [-0.1, -0.05) is 68.3 Å². The number of aliphatic hydroxyl groups is 1. The molecule has 0 aliphatic rings. The topological polar surface area (TPSA) is 32.3 Å². The Hall–Kier alpha value is -0.680. The van der Waals surface area contributed by atoms with Crippen LogP contribution in [0.1, 0.15) is 24.1 Å². The molecule has 0 heterocycles. The molecular weight excluding hydrogens is 394 g/mol. The van der Waals surface area contributed by atoms with Crippen LogP contribution in [0, 0.1) is 0 Å². The van der Waals surface area contributed by atoms with Crippen LogP contribution in [-0.4, -0.2) is 17.8 Å². The first-order valence-electron chi connectivity index (χ1n) is 6.96. The van der Waals surface area contributed by atoms with Crippen LogP contribution >= 0.6 is 31.9 Å². The molecule has 112 valence electrons. The molecule has 0 aliphatic carbocycles. The van der Waals surface area contributed by atoms with Crippen molar-refractivity contribution < 1.29 is 5.11 Å². The third-order valence-corrected chi connectivity index (χ3v) is 4.64. The van der Waals surface area contributed by atoms with E-state index in [0.717, 1.165) is 15.4 Å². The zero-order valence-electron chi connectivity index (χ0n) is 11.9. The van der Waals surface area contributed by atoms with Crippen LogP contribution in [0.3, 0.4) is 0 Å². The molecule has 2 N–H and O–H groups in total. The summed E-state index contributed by atoms with van der Waals surface area (Å²) in [5, 5.41) is 13.1. The number of hydrogen-bond acceptors (Lipinski definition) is 2. The van der Waals surface area contributed by atoms with E-state index >= 15 is 0 Å². The Kier molecular flexibility index (Phi) is 6.42. The zero-order chi connectivity index (χ0) is 15.2. The number of nitrogens with one attached hydrogen (secondary N) is 1. The fourth-order valence-corrected chi connectivity index (χ4v) is 3.76. The van der Waals surface area contributed by atoms with Gasteiger partial charge in [0.15, 0.2) is 0 Å². The highest BCUT2D eigenvalue weighted by Gasteiger charge is 2.15. The number of rotatable bonds is 6. The SMILES string of the molecule is CC(N[C@H](CO)Cc1ccccc1)c1ccc(Br)cc1Br. The van der Waals surface area contributed by atoms with E-state index in [2.05, 4.69) is 62.3 Å². The van der Waals surface area contributed by atoms with E-state index in [9.17, 15) is 5.11 Å². The van der Waals surface area contributed by atoms with E-state index in [1.54, 1.807) is 0 Å². The zero-order valence-corrected chi connectivity index (χ0v) is 15.1. The molecule has 4 heteroatoms. The molecule has 1 unspecified atom stereocenters. The Morgan fingerprint density at radius 1 is 1.10 bits per heavy atom. The average Bonchev–Trinajstić information content (AvgIpc) is 2.47. The van der Waals surface area contributed by atoms with Gasteiger partial charge in [0.05, 0.1) is 6.61 Å². The summed E-state index contributed by atoms with van der Waals surface area (Å²) in [5.74, 6) is 0. The van der Waals surface area contributed by atoms with Crippen LogP contribution in [0.4, 0.5) is 0 Å². The lowest BCUT2D eigenvalue weighted by Crippen LogP contribution is -2.36. The van der Waals surface area contributed by atoms with Gasteiger partial charge in [-0.15, -0.1) is 0 Å². The molecule has 0 amide bonds. The maximum absolute atomic E-state index is 9.61. The Balaban J connectivity index is 2.04. The second-order valence-corrected chi connectivity index (χ2v) is 6.89. The largest absolute Gasteiger partial charge is 0.395 e. The summed E-state index contributed by atoms with van der Waals surface area (Å²) < 4.78 is 2.11. The van der Waals surface area contributed by atoms with Crippen molar-refractivity contribution in [3.63, 3.8) is 0 Å². The van der Waals surface area contributed by atoms with Crippen LogP contribution in [0.15, 0.2) is 57.5 Å². The standard InChI is InChI=1S/C17H19Br2NO/c1-12(16-8-7-14(18)10-17(16)19)20-15(11-21)9-13-5-3-2-4-6-13/h2-8,10,12,15,20-21H,9,11H2,1H3/t12?,15-/m0/s1. The minimum atomic E-state index is 0.0398. The van der Waals surface area contributed by atoms with Crippen molar-refractivity contribution in [1.82, 2.24) is 5.32 Å². The minimum Gasteiger partial charge on any atom is -0.395 e. The van der Waals surface area contributed by atoms with Crippen molar-refractivity contribution in [2.75, 3.05) is 6.61 Å².